The molecule has 0 saturated carbocycles. The maximum Gasteiger partial charge on any atom is 0.162 e. The monoisotopic (exact) mass is 194 g/mol. The van der Waals surface area contributed by atoms with Crippen LogP contribution in [0.15, 0.2) is 30.3 Å². The number of rotatable bonds is 5. The van der Waals surface area contributed by atoms with E-state index >= 15 is 0 Å². The molecule has 1 rings (SSSR count). The zero-order valence-electron chi connectivity index (χ0n) is 9.29. The van der Waals surface area contributed by atoms with Crippen molar-refractivity contribution >= 4 is 0 Å². The van der Waals surface area contributed by atoms with Gasteiger partial charge in [-0.05, 0) is 13.8 Å². The molecular weight excluding hydrogens is 172 g/mol. The fourth-order valence-corrected chi connectivity index (χ4v) is 2.03. The molecule has 1 atom stereocenters. The summed E-state index contributed by atoms with van der Waals surface area (Å²) in [6.07, 6.45) is 0. The number of benzene rings is 1. The van der Waals surface area contributed by atoms with Crippen molar-refractivity contribution in [3.8, 4) is 0 Å². The van der Waals surface area contributed by atoms with Crippen molar-refractivity contribution in [3.05, 3.63) is 35.9 Å². The third kappa shape index (κ3) is 2.56. The van der Waals surface area contributed by atoms with Gasteiger partial charge in [0, 0.05) is 5.56 Å². The molecule has 78 valence electrons. The smallest absolute Gasteiger partial charge is 0.162 e. The van der Waals surface area contributed by atoms with Crippen LogP contribution in [0.5, 0.6) is 0 Å². The predicted octanol–water partition coefficient (Wildman–Crippen LogP) is -0.106. The summed E-state index contributed by atoms with van der Waals surface area (Å²) >= 11 is 0. The Hall–Kier alpha value is -0.860. The van der Waals surface area contributed by atoms with Crippen LogP contribution in [0.3, 0.4) is 0 Å². The number of nitrogens with one attached hydrogen (secondary N) is 1. The van der Waals surface area contributed by atoms with E-state index in [4.69, 9.17) is 0 Å². The van der Waals surface area contributed by atoms with Gasteiger partial charge in [-0.2, -0.15) is 0 Å². The molecule has 0 heterocycles. The lowest BCUT2D eigenvalue weighted by Crippen LogP contribution is -3.13. The second-order valence-corrected chi connectivity index (χ2v) is 3.62. The fourth-order valence-electron chi connectivity index (χ4n) is 2.03. The minimum atomic E-state index is 0.561. The summed E-state index contributed by atoms with van der Waals surface area (Å²) in [4.78, 5) is 1.62. The standard InChI is InChI=1S/C12H20N2/c1-3-14(4-2)12(10-13)11-8-6-5-7-9-11/h5-9,12H,3-4,10,13H2,1-2H3/p+2/t12-/m0/s1. The summed E-state index contributed by atoms with van der Waals surface area (Å²) in [5, 5.41) is 0. The first-order chi connectivity index (χ1) is 6.83. The Labute approximate surface area is 86.7 Å². The van der Waals surface area contributed by atoms with Gasteiger partial charge in [0.15, 0.2) is 6.04 Å². The first-order valence-electron chi connectivity index (χ1n) is 5.52. The largest absolute Gasteiger partial charge is 0.352 e. The summed E-state index contributed by atoms with van der Waals surface area (Å²) in [5.74, 6) is 0. The van der Waals surface area contributed by atoms with Gasteiger partial charge in [0.05, 0.1) is 13.1 Å². The Morgan fingerprint density at radius 3 is 2.14 bits per heavy atom. The fraction of sp³-hybridized carbons (Fsp3) is 0.500. The Morgan fingerprint density at radius 1 is 1.14 bits per heavy atom. The van der Waals surface area contributed by atoms with E-state index in [0.717, 1.165) is 6.54 Å². The molecule has 0 aliphatic rings. The van der Waals surface area contributed by atoms with Crippen LogP contribution in [0.2, 0.25) is 0 Å². The van der Waals surface area contributed by atoms with Crippen LogP contribution in [-0.2, 0) is 0 Å². The van der Waals surface area contributed by atoms with Gasteiger partial charge >= 0.3 is 0 Å². The normalized spacial score (nSPS) is 13.1. The highest BCUT2D eigenvalue weighted by atomic mass is 15.2. The van der Waals surface area contributed by atoms with Crippen LogP contribution in [0.1, 0.15) is 25.5 Å². The number of hydrogen-bond acceptors (Lipinski definition) is 0. The molecule has 0 aliphatic carbocycles. The Bertz CT molecular complexity index is 242. The lowest BCUT2D eigenvalue weighted by atomic mass is 10.1. The van der Waals surface area contributed by atoms with E-state index in [1.165, 1.54) is 18.7 Å². The van der Waals surface area contributed by atoms with Crippen LogP contribution in [0, 0.1) is 0 Å². The van der Waals surface area contributed by atoms with E-state index in [0.29, 0.717) is 6.04 Å². The molecule has 1 aromatic rings. The van der Waals surface area contributed by atoms with E-state index in [1.807, 2.05) is 0 Å². The van der Waals surface area contributed by atoms with Crippen LogP contribution >= 0.6 is 0 Å². The van der Waals surface area contributed by atoms with E-state index in [9.17, 15) is 0 Å². The molecule has 0 spiro atoms. The number of likely N-dealkylation sites (N-methyl/N-ethyl adjacent to an activating group) is 1. The van der Waals surface area contributed by atoms with E-state index in [2.05, 4.69) is 49.9 Å². The maximum atomic E-state index is 4.06. The quantitative estimate of drug-likeness (QED) is 0.656. The first kappa shape index (κ1) is 11.2. The van der Waals surface area contributed by atoms with Crippen molar-refractivity contribution in [2.75, 3.05) is 19.6 Å². The van der Waals surface area contributed by atoms with Crippen molar-refractivity contribution in [2.45, 2.75) is 19.9 Å². The zero-order valence-corrected chi connectivity index (χ0v) is 9.29. The molecule has 0 fully saturated rings. The highest BCUT2D eigenvalue weighted by molar-refractivity contribution is 5.17. The molecule has 0 aromatic heterocycles. The van der Waals surface area contributed by atoms with Gasteiger partial charge in [-0.15, -0.1) is 0 Å². The highest BCUT2D eigenvalue weighted by Crippen LogP contribution is 2.06. The topological polar surface area (TPSA) is 32.1 Å². The number of hydrogen-bond donors (Lipinski definition) is 2. The Kier molecular flexibility index (Phi) is 4.63. The van der Waals surface area contributed by atoms with Crippen LogP contribution < -0.4 is 10.6 Å². The van der Waals surface area contributed by atoms with Gasteiger partial charge in [-0.25, -0.2) is 0 Å². The van der Waals surface area contributed by atoms with Gasteiger partial charge in [-0.1, -0.05) is 30.3 Å². The average molecular weight is 194 g/mol. The van der Waals surface area contributed by atoms with Gasteiger partial charge in [0.1, 0.15) is 6.54 Å². The molecule has 14 heavy (non-hydrogen) atoms. The van der Waals surface area contributed by atoms with Crippen LogP contribution in [-0.4, -0.2) is 19.6 Å². The summed E-state index contributed by atoms with van der Waals surface area (Å²) in [7, 11) is 0. The van der Waals surface area contributed by atoms with Crippen molar-refractivity contribution in [1.82, 2.24) is 0 Å². The lowest BCUT2D eigenvalue weighted by molar-refractivity contribution is -0.934. The zero-order chi connectivity index (χ0) is 10.4. The average Bonchev–Trinajstić information content (AvgIpc) is 2.27. The molecule has 0 unspecified atom stereocenters. The van der Waals surface area contributed by atoms with E-state index in [1.54, 1.807) is 4.90 Å². The summed E-state index contributed by atoms with van der Waals surface area (Å²) < 4.78 is 0. The molecule has 0 aliphatic heterocycles. The summed E-state index contributed by atoms with van der Waals surface area (Å²) in [6.45, 7) is 7.80. The third-order valence-electron chi connectivity index (χ3n) is 2.89. The van der Waals surface area contributed by atoms with Crippen molar-refractivity contribution in [1.29, 1.82) is 0 Å². The van der Waals surface area contributed by atoms with Gasteiger partial charge in [-0.3, -0.25) is 0 Å². The SMILES string of the molecule is CC[NH+](CC)[C@@H](C[NH3+])c1ccccc1. The lowest BCUT2D eigenvalue weighted by Gasteiger charge is -2.24. The van der Waals surface area contributed by atoms with Crippen molar-refractivity contribution in [3.63, 3.8) is 0 Å². The minimum Gasteiger partial charge on any atom is -0.352 e. The van der Waals surface area contributed by atoms with Crippen LogP contribution in [0.25, 0.3) is 0 Å². The summed E-state index contributed by atoms with van der Waals surface area (Å²) in [5.41, 5.74) is 5.48. The molecule has 2 heteroatoms. The maximum absolute atomic E-state index is 4.06. The molecule has 0 radical (unpaired) electrons. The van der Waals surface area contributed by atoms with Crippen LogP contribution in [0.4, 0.5) is 0 Å². The molecule has 4 N–H and O–H groups in total. The minimum absolute atomic E-state index is 0.561. The first-order valence-corrected chi connectivity index (χ1v) is 5.52. The number of quaternary nitrogens is 2. The molecule has 0 saturated heterocycles. The van der Waals surface area contributed by atoms with E-state index in [-0.39, 0.29) is 0 Å². The van der Waals surface area contributed by atoms with Gasteiger partial charge in [0.2, 0.25) is 0 Å². The van der Waals surface area contributed by atoms with Crippen molar-refractivity contribution in [2.24, 2.45) is 0 Å². The molecule has 0 amide bonds. The van der Waals surface area contributed by atoms with Crippen molar-refractivity contribution < 1.29 is 10.6 Å². The molecule has 0 bridgehead atoms. The van der Waals surface area contributed by atoms with E-state index < -0.39 is 0 Å². The Balaban J connectivity index is 2.81. The highest BCUT2D eigenvalue weighted by Gasteiger charge is 2.20. The van der Waals surface area contributed by atoms with Gasteiger partial charge < -0.3 is 10.6 Å². The third-order valence-corrected chi connectivity index (χ3v) is 2.89. The Morgan fingerprint density at radius 2 is 1.71 bits per heavy atom. The summed E-state index contributed by atoms with van der Waals surface area (Å²) in [6, 6.07) is 11.3. The molecular formula is C12H22N2+2. The van der Waals surface area contributed by atoms with Gasteiger partial charge in [0.25, 0.3) is 0 Å². The molecule has 2 nitrogen and oxygen atoms in total. The molecule has 1 aromatic carbocycles. The second-order valence-electron chi connectivity index (χ2n) is 3.62. The predicted molar refractivity (Wildman–Crippen MR) is 59.0 cm³/mol. The second kappa shape index (κ2) is 5.78.